The molecule has 2 N–H and O–H groups in total. The first-order chi connectivity index (χ1) is 13.3. The summed E-state index contributed by atoms with van der Waals surface area (Å²) in [4.78, 5) is 12.2. The number of sulfonamides is 1. The summed E-state index contributed by atoms with van der Waals surface area (Å²) >= 11 is 6.03. The Morgan fingerprint density at radius 3 is 2.25 bits per heavy atom. The molecule has 28 heavy (non-hydrogen) atoms. The summed E-state index contributed by atoms with van der Waals surface area (Å²) in [6.07, 6.45) is 0. The van der Waals surface area contributed by atoms with Crippen LogP contribution < -0.4 is 10.0 Å². The van der Waals surface area contributed by atoms with Crippen LogP contribution >= 0.6 is 11.6 Å². The number of nitrogens with one attached hydrogen (secondary N) is 2. The molecule has 0 bridgehead atoms. The van der Waals surface area contributed by atoms with Crippen molar-refractivity contribution in [1.29, 1.82) is 0 Å². The van der Waals surface area contributed by atoms with E-state index in [-0.39, 0.29) is 26.9 Å². The predicted octanol–water partition coefficient (Wildman–Crippen LogP) is 4.67. The van der Waals surface area contributed by atoms with E-state index in [9.17, 15) is 22.0 Å². The van der Waals surface area contributed by atoms with Crippen molar-refractivity contribution in [3.05, 3.63) is 89.0 Å². The minimum absolute atomic E-state index is 0.0177. The number of benzene rings is 3. The zero-order valence-corrected chi connectivity index (χ0v) is 15.7. The predicted molar refractivity (Wildman–Crippen MR) is 103 cm³/mol. The number of carbonyl (C=O) groups excluding carboxylic acids is 1. The van der Waals surface area contributed by atoms with Crippen molar-refractivity contribution in [2.75, 3.05) is 10.0 Å². The van der Waals surface area contributed by atoms with E-state index in [1.54, 1.807) is 6.07 Å². The second kappa shape index (κ2) is 7.95. The lowest BCUT2D eigenvalue weighted by molar-refractivity contribution is 0.102. The Kier molecular flexibility index (Phi) is 5.62. The molecule has 3 aromatic rings. The number of amides is 1. The number of halogens is 3. The van der Waals surface area contributed by atoms with Crippen LogP contribution in [0, 0.1) is 11.6 Å². The van der Waals surface area contributed by atoms with Crippen molar-refractivity contribution in [2.24, 2.45) is 0 Å². The van der Waals surface area contributed by atoms with Crippen molar-refractivity contribution in [3.63, 3.8) is 0 Å². The Bertz CT molecular complexity index is 1140. The van der Waals surface area contributed by atoms with Crippen LogP contribution in [0.2, 0.25) is 5.02 Å². The van der Waals surface area contributed by atoms with Crippen molar-refractivity contribution >= 4 is 38.9 Å². The minimum Gasteiger partial charge on any atom is -0.319 e. The van der Waals surface area contributed by atoms with Crippen molar-refractivity contribution < 1.29 is 22.0 Å². The first-order valence-electron chi connectivity index (χ1n) is 7.90. The van der Waals surface area contributed by atoms with Crippen LogP contribution in [0.4, 0.5) is 20.2 Å². The third-order valence-corrected chi connectivity index (χ3v) is 5.43. The molecular formula is C19H13ClF2N2O3S. The average Bonchev–Trinajstić information content (AvgIpc) is 2.65. The zero-order chi connectivity index (χ0) is 20.3. The third kappa shape index (κ3) is 4.47. The standard InChI is InChI=1S/C19H13ClF2N2O3S/c20-15-10-5-12(19(25)23-17-4-2-1-3-16(17)22)11-18(15)24-28(26,27)14-8-6-13(21)7-9-14/h1-11,24H,(H,23,25). The van der Waals surface area contributed by atoms with Crippen molar-refractivity contribution in [3.8, 4) is 0 Å². The summed E-state index contributed by atoms with van der Waals surface area (Å²) in [5, 5.41) is 2.45. The highest BCUT2D eigenvalue weighted by molar-refractivity contribution is 7.92. The molecule has 0 heterocycles. The number of carbonyl (C=O) groups is 1. The summed E-state index contributed by atoms with van der Waals surface area (Å²) in [5.74, 6) is -1.84. The Hall–Kier alpha value is -2.97. The van der Waals surface area contributed by atoms with E-state index in [0.29, 0.717) is 0 Å². The maximum absolute atomic E-state index is 13.7. The van der Waals surface area contributed by atoms with Gasteiger partial charge in [-0.05, 0) is 54.6 Å². The van der Waals surface area contributed by atoms with Crippen LogP contribution in [0.1, 0.15) is 10.4 Å². The van der Waals surface area contributed by atoms with Gasteiger partial charge in [-0.1, -0.05) is 23.7 Å². The molecule has 0 unspecified atom stereocenters. The van der Waals surface area contributed by atoms with Crippen LogP contribution in [-0.4, -0.2) is 14.3 Å². The van der Waals surface area contributed by atoms with Crippen LogP contribution in [0.15, 0.2) is 71.6 Å². The maximum Gasteiger partial charge on any atom is 0.261 e. The van der Waals surface area contributed by atoms with Crippen molar-refractivity contribution in [1.82, 2.24) is 0 Å². The van der Waals surface area contributed by atoms with E-state index in [2.05, 4.69) is 10.0 Å². The fraction of sp³-hybridized carbons (Fsp3) is 0. The van der Waals surface area contributed by atoms with E-state index in [4.69, 9.17) is 11.6 Å². The van der Waals surface area contributed by atoms with Gasteiger partial charge >= 0.3 is 0 Å². The van der Waals surface area contributed by atoms with Gasteiger partial charge in [0.05, 0.1) is 21.3 Å². The molecule has 0 spiro atoms. The summed E-state index contributed by atoms with van der Waals surface area (Å²) in [7, 11) is -4.05. The molecule has 1 amide bonds. The number of para-hydroxylation sites is 1. The number of rotatable bonds is 5. The second-order valence-electron chi connectivity index (χ2n) is 5.69. The van der Waals surface area contributed by atoms with Gasteiger partial charge in [-0.15, -0.1) is 0 Å². The Labute approximate surface area is 165 Å². The smallest absolute Gasteiger partial charge is 0.261 e. The Balaban J connectivity index is 1.86. The molecule has 3 aromatic carbocycles. The van der Waals surface area contributed by atoms with Crippen LogP contribution in [0.5, 0.6) is 0 Å². The molecule has 0 atom stereocenters. The van der Waals surface area contributed by atoms with Gasteiger partial charge in [0.25, 0.3) is 15.9 Å². The number of anilines is 2. The molecular weight excluding hydrogens is 410 g/mol. The van der Waals surface area contributed by atoms with Crippen LogP contribution in [-0.2, 0) is 10.0 Å². The zero-order valence-electron chi connectivity index (χ0n) is 14.1. The molecule has 0 aliphatic rings. The monoisotopic (exact) mass is 422 g/mol. The summed E-state index contributed by atoms with van der Waals surface area (Å²) in [5.41, 5.74) is -0.00692. The topological polar surface area (TPSA) is 75.3 Å². The molecule has 0 aliphatic carbocycles. The van der Waals surface area contributed by atoms with E-state index in [1.807, 2.05) is 0 Å². The lowest BCUT2D eigenvalue weighted by Crippen LogP contribution is -2.16. The van der Waals surface area contributed by atoms with Crippen LogP contribution in [0.25, 0.3) is 0 Å². The number of hydrogen-bond acceptors (Lipinski definition) is 3. The first-order valence-corrected chi connectivity index (χ1v) is 9.76. The number of hydrogen-bond donors (Lipinski definition) is 2. The Morgan fingerprint density at radius 2 is 1.57 bits per heavy atom. The van der Waals surface area contributed by atoms with Gasteiger partial charge in [-0.3, -0.25) is 9.52 Å². The summed E-state index contributed by atoms with van der Waals surface area (Å²) < 4.78 is 53.8. The van der Waals surface area contributed by atoms with E-state index >= 15 is 0 Å². The lowest BCUT2D eigenvalue weighted by Gasteiger charge is -2.12. The van der Waals surface area contributed by atoms with Gasteiger partial charge in [0, 0.05) is 5.56 Å². The van der Waals surface area contributed by atoms with Gasteiger partial charge < -0.3 is 5.32 Å². The van der Waals surface area contributed by atoms with Gasteiger partial charge in [-0.25, -0.2) is 17.2 Å². The average molecular weight is 423 g/mol. The van der Waals surface area contributed by atoms with Gasteiger partial charge in [0.2, 0.25) is 0 Å². The maximum atomic E-state index is 13.7. The Morgan fingerprint density at radius 1 is 0.893 bits per heavy atom. The molecule has 0 fully saturated rings. The molecule has 144 valence electrons. The molecule has 5 nitrogen and oxygen atoms in total. The molecule has 9 heteroatoms. The molecule has 0 radical (unpaired) electrons. The van der Waals surface area contributed by atoms with Crippen molar-refractivity contribution in [2.45, 2.75) is 4.90 Å². The molecule has 0 saturated carbocycles. The second-order valence-corrected chi connectivity index (χ2v) is 7.78. The fourth-order valence-electron chi connectivity index (χ4n) is 2.32. The molecule has 3 rings (SSSR count). The highest BCUT2D eigenvalue weighted by Gasteiger charge is 2.18. The van der Waals surface area contributed by atoms with Gasteiger partial charge in [0.1, 0.15) is 11.6 Å². The normalized spacial score (nSPS) is 11.1. The highest BCUT2D eigenvalue weighted by Crippen LogP contribution is 2.26. The minimum atomic E-state index is -4.05. The van der Waals surface area contributed by atoms with Gasteiger partial charge in [-0.2, -0.15) is 0 Å². The van der Waals surface area contributed by atoms with E-state index < -0.39 is 27.6 Å². The largest absolute Gasteiger partial charge is 0.319 e. The van der Waals surface area contributed by atoms with E-state index in [0.717, 1.165) is 24.3 Å². The first kappa shape index (κ1) is 19.8. The molecule has 0 aromatic heterocycles. The van der Waals surface area contributed by atoms with E-state index in [1.165, 1.54) is 36.4 Å². The quantitative estimate of drug-likeness (QED) is 0.627. The van der Waals surface area contributed by atoms with Crippen LogP contribution in [0.3, 0.4) is 0 Å². The molecule has 0 aliphatic heterocycles. The SMILES string of the molecule is O=C(Nc1ccccc1F)c1ccc(Cl)c(NS(=O)(=O)c2ccc(F)cc2)c1. The summed E-state index contributed by atoms with van der Waals surface area (Å²) in [6, 6.07) is 13.8. The molecule has 0 saturated heterocycles. The highest BCUT2D eigenvalue weighted by atomic mass is 35.5. The fourth-order valence-corrected chi connectivity index (χ4v) is 3.61. The van der Waals surface area contributed by atoms with Gasteiger partial charge in [0.15, 0.2) is 0 Å². The lowest BCUT2D eigenvalue weighted by atomic mass is 10.2. The summed E-state index contributed by atoms with van der Waals surface area (Å²) in [6.45, 7) is 0. The third-order valence-electron chi connectivity index (χ3n) is 3.72.